The van der Waals surface area contributed by atoms with Crippen LogP contribution < -0.4 is 10.2 Å². The lowest BCUT2D eigenvalue weighted by atomic mass is 10.00. The highest BCUT2D eigenvalue weighted by atomic mass is 19.1. The summed E-state index contributed by atoms with van der Waals surface area (Å²) in [7, 11) is 0. The number of benzene rings is 2. The molecule has 0 fully saturated rings. The fraction of sp³-hybridized carbons (Fsp3) is 0.316. The molecule has 2 aromatic rings. The zero-order chi connectivity index (χ0) is 17.1. The Balaban J connectivity index is 1.58. The van der Waals surface area contributed by atoms with Crippen LogP contribution in [-0.2, 0) is 17.8 Å². The Morgan fingerprint density at radius 2 is 1.96 bits per heavy atom. The molecule has 24 heavy (non-hydrogen) atoms. The third-order valence-corrected chi connectivity index (χ3v) is 4.52. The second-order valence-corrected chi connectivity index (χ2v) is 6.33. The fourth-order valence-corrected chi connectivity index (χ4v) is 3.24. The number of carbonyl (C=O) groups excluding carboxylic acids is 1. The monoisotopic (exact) mass is 331 g/mol. The number of halogens is 2. The minimum absolute atomic E-state index is 0.124. The van der Waals surface area contributed by atoms with Crippen LogP contribution >= 0.6 is 0 Å². The van der Waals surface area contributed by atoms with Crippen molar-refractivity contribution in [3.05, 3.63) is 70.8 Å². The highest BCUT2D eigenvalue weighted by molar-refractivity contribution is 5.77. The molecule has 2 N–H and O–H groups in total. The van der Waals surface area contributed by atoms with E-state index in [1.54, 1.807) is 6.92 Å². The number of fused-ring (bicyclic) bond motifs is 1. The van der Waals surface area contributed by atoms with E-state index in [2.05, 4.69) is 17.4 Å². The van der Waals surface area contributed by atoms with Crippen molar-refractivity contribution in [3.63, 3.8) is 0 Å². The number of nitrogens with one attached hydrogen (secondary N) is 2. The lowest BCUT2D eigenvalue weighted by molar-refractivity contribution is -0.908. The third kappa shape index (κ3) is 3.79. The molecule has 3 nitrogen and oxygen atoms in total. The Kier molecular flexibility index (Phi) is 4.90. The Hall–Kier alpha value is -2.27. The predicted octanol–water partition coefficient (Wildman–Crippen LogP) is 1.78. The standard InChI is InChI=1S/C19H20F2N2O/c1-13(17-7-6-16(20)10-18(17)21)22-19(24)12-23-9-8-14-4-2-3-5-15(14)11-23/h2-7,10,13H,8-9,11-12H2,1H3,(H,22,24)/p+1/t13-/m0/s1. The van der Waals surface area contributed by atoms with Crippen molar-refractivity contribution < 1.29 is 18.5 Å². The van der Waals surface area contributed by atoms with Crippen molar-refractivity contribution in [3.8, 4) is 0 Å². The smallest absolute Gasteiger partial charge is 0.275 e. The summed E-state index contributed by atoms with van der Waals surface area (Å²) in [6.07, 6.45) is 0.959. The topological polar surface area (TPSA) is 33.5 Å². The minimum Gasteiger partial charge on any atom is -0.345 e. The molecule has 0 aromatic heterocycles. The summed E-state index contributed by atoms with van der Waals surface area (Å²) in [4.78, 5) is 13.4. The molecule has 0 radical (unpaired) electrons. The van der Waals surface area contributed by atoms with Gasteiger partial charge < -0.3 is 10.2 Å². The van der Waals surface area contributed by atoms with Crippen LogP contribution in [0.25, 0.3) is 0 Å². The van der Waals surface area contributed by atoms with E-state index in [4.69, 9.17) is 0 Å². The summed E-state index contributed by atoms with van der Waals surface area (Å²) in [5.74, 6) is -1.38. The highest BCUT2D eigenvalue weighted by Crippen LogP contribution is 2.17. The summed E-state index contributed by atoms with van der Waals surface area (Å²) >= 11 is 0. The van der Waals surface area contributed by atoms with Gasteiger partial charge in [-0.15, -0.1) is 0 Å². The first-order chi connectivity index (χ1) is 11.5. The summed E-state index contributed by atoms with van der Waals surface area (Å²) in [6.45, 7) is 3.78. The first-order valence-corrected chi connectivity index (χ1v) is 8.17. The molecule has 0 aliphatic carbocycles. The predicted molar refractivity (Wildman–Crippen MR) is 87.5 cm³/mol. The van der Waals surface area contributed by atoms with Crippen LogP contribution in [0.2, 0.25) is 0 Å². The van der Waals surface area contributed by atoms with Gasteiger partial charge in [0.15, 0.2) is 6.54 Å². The van der Waals surface area contributed by atoms with Crippen molar-refractivity contribution in [1.82, 2.24) is 5.32 Å². The van der Waals surface area contributed by atoms with Gasteiger partial charge in [0.1, 0.15) is 18.2 Å². The minimum atomic E-state index is -0.637. The maximum atomic E-state index is 13.8. The van der Waals surface area contributed by atoms with Crippen LogP contribution in [0.3, 0.4) is 0 Å². The first kappa shape index (κ1) is 16.6. The third-order valence-electron chi connectivity index (χ3n) is 4.52. The van der Waals surface area contributed by atoms with Gasteiger partial charge in [-0.3, -0.25) is 4.79 Å². The number of hydrogen-bond acceptors (Lipinski definition) is 1. The molecule has 0 bridgehead atoms. The second-order valence-electron chi connectivity index (χ2n) is 6.33. The maximum Gasteiger partial charge on any atom is 0.275 e. The molecule has 1 unspecified atom stereocenters. The number of carbonyl (C=O) groups is 1. The molecule has 1 heterocycles. The van der Waals surface area contributed by atoms with Crippen LogP contribution in [0.15, 0.2) is 42.5 Å². The van der Waals surface area contributed by atoms with E-state index in [0.29, 0.717) is 12.1 Å². The summed E-state index contributed by atoms with van der Waals surface area (Å²) < 4.78 is 26.8. The number of hydrogen-bond donors (Lipinski definition) is 2. The number of amides is 1. The van der Waals surface area contributed by atoms with E-state index in [1.807, 2.05) is 12.1 Å². The van der Waals surface area contributed by atoms with E-state index in [1.165, 1.54) is 28.2 Å². The van der Waals surface area contributed by atoms with Gasteiger partial charge in [0.2, 0.25) is 0 Å². The Morgan fingerprint density at radius 1 is 1.21 bits per heavy atom. The fourth-order valence-electron chi connectivity index (χ4n) is 3.24. The van der Waals surface area contributed by atoms with Gasteiger partial charge in [0, 0.05) is 23.6 Å². The van der Waals surface area contributed by atoms with Crippen molar-refractivity contribution >= 4 is 5.91 Å². The van der Waals surface area contributed by atoms with Gasteiger partial charge >= 0.3 is 0 Å². The van der Waals surface area contributed by atoms with E-state index in [0.717, 1.165) is 25.6 Å². The molecule has 2 atom stereocenters. The van der Waals surface area contributed by atoms with Crippen molar-refractivity contribution in [1.29, 1.82) is 0 Å². The Morgan fingerprint density at radius 3 is 2.71 bits per heavy atom. The average Bonchev–Trinajstić information content (AvgIpc) is 2.54. The van der Waals surface area contributed by atoms with E-state index in [-0.39, 0.29) is 5.91 Å². The Bertz CT molecular complexity index is 748. The van der Waals surface area contributed by atoms with E-state index < -0.39 is 17.7 Å². The number of quaternary nitrogens is 1. The van der Waals surface area contributed by atoms with E-state index >= 15 is 0 Å². The van der Waals surface area contributed by atoms with E-state index in [9.17, 15) is 13.6 Å². The van der Waals surface area contributed by atoms with Gasteiger partial charge in [-0.1, -0.05) is 30.3 Å². The molecule has 1 amide bonds. The van der Waals surface area contributed by atoms with Crippen molar-refractivity contribution in [2.75, 3.05) is 13.1 Å². The van der Waals surface area contributed by atoms with Crippen LogP contribution in [-0.4, -0.2) is 19.0 Å². The zero-order valence-electron chi connectivity index (χ0n) is 13.6. The molecule has 1 aliphatic rings. The molecular formula is C19H21F2N2O+. The molecular weight excluding hydrogens is 310 g/mol. The van der Waals surface area contributed by atoms with Crippen LogP contribution in [0.1, 0.15) is 29.7 Å². The molecule has 1 aliphatic heterocycles. The molecule has 0 saturated carbocycles. The number of rotatable bonds is 4. The lowest BCUT2D eigenvalue weighted by Gasteiger charge is -2.26. The van der Waals surface area contributed by atoms with Crippen LogP contribution in [0.5, 0.6) is 0 Å². The van der Waals surface area contributed by atoms with Crippen molar-refractivity contribution in [2.45, 2.75) is 25.9 Å². The molecule has 3 rings (SSSR count). The zero-order valence-corrected chi connectivity index (χ0v) is 13.6. The maximum absolute atomic E-state index is 13.8. The van der Waals surface area contributed by atoms with Gasteiger partial charge in [-0.25, -0.2) is 8.78 Å². The molecule has 126 valence electrons. The summed E-state index contributed by atoms with van der Waals surface area (Å²) in [6, 6.07) is 11.2. The normalized spacial score (nSPS) is 17.9. The summed E-state index contributed by atoms with van der Waals surface area (Å²) in [5, 5.41) is 2.81. The molecule has 5 heteroatoms. The SMILES string of the molecule is C[C@H](NC(=O)C[NH+]1CCc2ccccc2C1)c1ccc(F)cc1F. The van der Waals surface area contributed by atoms with Gasteiger partial charge in [-0.05, 0) is 18.6 Å². The lowest BCUT2D eigenvalue weighted by Crippen LogP contribution is -3.12. The molecule has 0 spiro atoms. The van der Waals surface area contributed by atoms with Gasteiger partial charge in [0.05, 0.1) is 12.6 Å². The van der Waals surface area contributed by atoms with Crippen molar-refractivity contribution in [2.24, 2.45) is 0 Å². The Labute approximate surface area is 140 Å². The summed E-state index contributed by atoms with van der Waals surface area (Å²) in [5.41, 5.74) is 2.93. The molecule has 0 saturated heterocycles. The highest BCUT2D eigenvalue weighted by Gasteiger charge is 2.22. The van der Waals surface area contributed by atoms with Gasteiger partial charge in [0.25, 0.3) is 5.91 Å². The van der Waals surface area contributed by atoms with Crippen LogP contribution in [0.4, 0.5) is 8.78 Å². The van der Waals surface area contributed by atoms with Crippen LogP contribution in [0, 0.1) is 11.6 Å². The second kappa shape index (κ2) is 7.09. The quantitative estimate of drug-likeness (QED) is 0.880. The average molecular weight is 331 g/mol. The van der Waals surface area contributed by atoms with Gasteiger partial charge in [-0.2, -0.15) is 0 Å². The molecule has 2 aromatic carbocycles. The first-order valence-electron chi connectivity index (χ1n) is 8.17. The largest absolute Gasteiger partial charge is 0.345 e.